The van der Waals surface area contributed by atoms with Crippen molar-refractivity contribution in [1.29, 1.82) is 0 Å². The van der Waals surface area contributed by atoms with Crippen LogP contribution in [-0.2, 0) is 0 Å². The van der Waals surface area contributed by atoms with E-state index in [4.69, 9.17) is 10.2 Å². The van der Waals surface area contributed by atoms with Gasteiger partial charge in [0.25, 0.3) is 5.91 Å². The van der Waals surface area contributed by atoms with Gasteiger partial charge in [-0.15, -0.1) is 0 Å². The Labute approximate surface area is 140 Å². The first kappa shape index (κ1) is 14.8. The van der Waals surface area contributed by atoms with Crippen LogP contribution in [0.3, 0.4) is 0 Å². The van der Waals surface area contributed by atoms with Crippen LogP contribution in [0.5, 0.6) is 0 Å². The molecule has 4 nitrogen and oxygen atoms in total. The topological polar surface area (TPSA) is 68.3 Å². The zero-order valence-electron chi connectivity index (χ0n) is 13.6. The molecule has 1 aromatic heterocycles. The van der Waals surface area contributed by atoms with Crippen LogP contribution in [0.25, 0.3) is 16.5 Å². The molecule has 0 spiro atoms. The molecule has 4 rings (SSSR count). The second-order valence-electron chi connectivity index (χ2n) is 6.35. The van der Waals surface area contributed by atoms with Crippen LogP contribution in [0, 0.1) is 0 Å². The maximum Gasteiger partial charge on any atom is 0.255 e. The number of amides is 1. The molecular weight excluding hydrogens is 300 g/mol. The molecule has 122 valence electrons. The largest absolute Gasteiger partial charge is 0.455 e. The number of furan rings is 1. The lowest BCUT2D eigenvalue weighted by atomic mass is 9.99. The van der Waals surface area contributed by atoms with E-state index in [-0.39, 0.29) is 5.91 Å². The van der Waals surface area contributed by atoms with Crippen LogP contribution in [0.4, 0.5) is 5.69 Å². The minimum absolute atomic E-state index is 0.131. The lowest BCUT2D eigenvalue weighted by molar-refractivity contribution is 0.0963. The Hall–Kier alpha value is -2.75. The van der Waals surface area contributed by atoms with Gasteiger partial charge in [-0.2, -0.15) is 0 Å². The molecule has 1 heterocycles. The number of carbonyl (C=O) groups is 1. The quantitative estimate of drug-likeness (QED) is 0.835. The van der Waals surface area contributed by atoms with E-state index in [0.29, 0.717) is 22.8 Å². The molecule has 2 aromatic rings. The van der Waals surface area contributed by atoms with Crippen molar-refractivity contribution < 1.29 is 9.21 Å². The fourth-order valence-electron chi connectivity index (χ4n) is 3.25. The highest BCUT2D eigenvalue weighted by molar-refractivity contribution is 6.10. The normalized spacial score (nSPS) is 17.0. The van der Waals surface area contributed by atoms with Gasteiger partial charge in [0.1, 0.15) is 11.3 Å². The lowest BCUT2D eigenvalue weighted by Crippen LogP contribution is -2.18. The SMILES string of the molecule is CNC(=O)c1c(C2=CC=CC=CC2)oc2cc(N)c(C3CC3)cc12. The second kappa shape index (κ2) is 5.71. The number of nitrogens with one attached hydrogen (secondary N) is 1. The van der Waals surface area contributed by atoms with Crippen molar-refractivity contribution in [3.05, 3.63) is 59.4 Å². The Morgan fingerprint density at radius 3 is 2.83 bits per heavy atom. The molecular formula is C20H20N2O2. The first-order valence-corrected chi connectivity index (χ1v) is 8.29. The summed E-state index contributed by atoms with van der Waals surface area (Å²) >= 11 is 0. The number of anilines is 1. The molecule has 1 amide bonds. The van der Waals surface area contributed by atoms with Crippen LogP contribution >= 0.6 is 0 Å². The Balaban J connectivity index is 1.95. The van der Waals surface area contributed by atoms with E-state index in [1.807, 2.05) is 36.4 Å². The number of fused-ring (bicyclic) bond motifs is 1. The Morgan fingerprint density at radius 2 is 2.08 bits per heavy atom. The van der Waals surface area contributed by atoms with Crippen molar-refractivity contribution in [1.82, 2.24) is 5.32 Å². The molecule has 2 aliphatic carbocycles. The molecule has 1 aromatic carbocycles. The first-order chi connectivity index (χ1) is 11.7. The van der Waals surface area contributed by atoms with Gasteiger partial charge in [0.2, 0.25) is 0 Å². The summed E-state index contributed by atoms with van der Waals surface area (Å²) in [5.74, 6) is 1.02. The van der Waals surface area contributed by atoms with E-state index in [9.17, 15) is 4.79 Å². The van der Waals surface area contributed by atoms with Crippen molar-refractivity contribution in [2.45, 2.75) is 25.2 Å². The zero-order chi connectivity index (χ0) is 16.7. The summed E-state index contributed by atoms with van der Waals surface area (Å²) in [7, 11) is 1.64. The standard InChI is InChI=1S/C20H20N2O2/c1-22-20(23)18-15-10-14(12-8-9-12)16(21)11-17(15)24-19(18)13-6-4-2-3-5-7-13/h2-6,10-12H,7-9,21H2,1H3,(H,22,23). The molecule has 0 aliphatic heterocycles. The van der Waals surface area contributed by atoms with Gasteiger partial charge in [-0.05, 0) is 42.4 Å². The maximum atomic E-state index is 12.6. The van der Waals surface area contributed by atoms with Crippen molar-refractivity contribution in [2.24, 2.45) is 0 Å². The summed E-state index contributed by atoms with van der Waals surface area (Å²) < 4.78 is 6.08. The van der Waals surface area contributed by atoms with Crippen LogP contribution in [0.15, 0.2) is 46.9 Å². The van der Waals surface area contributed by atoms with Gasteiger partial charge in [0, 0.05) is 24.2 Å². The third kappa shape index (κ3) is 2.44. The predicted octanol–water partition coefficient (Wildman–Crippen LogP) is 4.15. The summed E-state index contributed by atoms with van der Waals surface area (Å²) in [6.07, 6.45) is 13.0. The van der Waals surface area contributed by atoms with Crippen molar-refractivity contribution in [2.75, 3.05) is 12.8 Å². The summed E-state index contributed by atoms with van der Waals surface area (Å²) in [5, 5.41) is 3.59. The molecule has 3 N–H and O–H groups in total. The van der Waals surface area contributed by atoms with Gasteiger partial charge in [-0.3, -0.25) is 4.79 Å². The van der Waals surface area contributed by atoms with Gasteiger partial charge < -0.3 is 15.5 Å². The maximum absolute atomic E-state index is 12.6. The van der Waals surface area contributed by atoms with E-state index >= 15 is 0 Å². The summed E-state index contributed by atoms with van der Waals surface area (Å²) in [5.41, 5.74) is 10.3. The van der Waals surface area contributed by atoms with E-state index in [0.717, 1.165) is 41.5 Å². The molecule has 1 fully saturated rings. The monoisotopic (exact) mass is 320 g/mol. The molecule has 0 unspecified atom stereocenters. The van der Waals surface area contributed by atoms with Crippen LogP contribution in [0.1, 0.15) is 46.9 Å². The summed E-state index contributed by atoms with van der Waals surface area (Å²) in [6, 6.07) is 3.91. The smallest absolute Gasteiger partial charge is 0.255 e. The number of nitrogen functional groups attached to an aromatic ring is 1. The van der Waals surface area contributed by atoms with E-state index in [1.165, 1.54) is 0 Å². The molecule has 0 saturated heterocycles. The van der Waals surface area contributed by atoms with Crippen LogP contribution in [0.2, 0.25) is 0 Å². The molecule has 0 bridgehead atoms. The van der Waals surface area contributed by atoms with Crippen LogP contribution < -0.4 is 11.1 Å². The minimum Gasteiger partial charge on any atom is -0.455 e. The molecule has 2 aliphatic rings. The molecule has 4 heteroatoms. The fraction of sp³-hybridized carbons (Fsp3) is 0.250. The molecule has 24 heavy (non-hydrogen) atoms. The Kier molecular flexibility index (Phi) is 3.53. The number of hydrogen-bond donors (Lipinski definition) is 2. The number of carbonyl (C=O) groups excluding carboxylic acids is 1. The van der Waals surface area contributed by atoms with Gasteiger partial charge in [-0.1, -0.05) is 30.4 Å². The average Bonchev–Trinajstić information content (AvgIpc) is 3.39. The Morgan fingerprint density at radius 1 is 1.25 bits per heavy atom. The molecule has 0 radical (unpaired) electrons. The fourth-order valence-corrected chi connectivity index (χ4v) is 3.25. The highest BCUT2D eigenvalue weighted by atomic mass is 16.3. The van der Waals surface area contributed by atoms with Crippen molar-refractivity contribution in [3.63, 3.8) is 0 Å². The molecule has 1 saturated carbocycles. The third-order valence-corrected chi connectivity index (χ3v) is 4.65. The first-order valence-electron chi connectivity index (χ1n) is 8.29. The van der Waals surface area contributed by atoms with Crippen molar-refractivity contribution >= 4 is 28.1 Å². The van der Waals surface area contributed by atoms with Crippen molar-refractivity contribution in [3.8, 4) is 0 Å². The Bertz CT molecular complexity index is 911. The van der Waals surface area contributed by atoms with E-state index in [1.54, 1.807) is 7.05 Å². The van der Waals surface area contributed by atoms with E-state index in [2.05, 4.69) is 11.4 Å². The zero-order valence-corrected chi connectivity index (χ0v) is 13.6. The lowest BCUT2D eigenvalue weighted by Gasteiger charge is -2.05. The van der Waals surface area contributed by atoms with E-state index < -0.39 is 0 Å². The predicted molar refractivity (Wildman–Crippen MR) is 96.9 cm³/mol. The highest BCUT2D eigenvalue weighted by Gasteiger charge is 2.29. The molecule has 0 atom stereocenters. The number of rotatable bonds is 3. The summed E-state index contributed by atoms with van der Waals surface area (Å²) in [6.45, 7) is 0. The van der Waals surface area contributed by atoms with Gasteiger partial charge in [-0.25, -0.2) is 0 Å². The van der Waals surface area contributed by atoms with Gasteiger partial charge in [0.15, 0.2) is 0 Å². The second-order valence-corrected chi connectivity index (χ2v) is 6.35. The minimum atomic E-state index is -0.131. The van der Waals surface area contributed by atoms with Gasteiger partial charge in [0.05, 0.1) is 5.56 Å². The average molecular weight is 320 g/mol. The van der Waals surface area contributed by atoms with Crippen LogP contribution in [-0.4, -0.2) is 13.0 Å². The number of hydrogen-bond acceptors (Lipinski definition) is 3. The number of allylic oxidation sites excluding steroid dienone is 6. The third-order valence-electron chi connectivity index (χ3n) is 4.65. The van der Waals surface area contributed by atoms with Gasteiger partial charge >= 0.3 is 0 Å². The number of nitrogens with two attached hydrogens (primary N) is 1. The highest BCUT2D eigenvalue weighted by Crippen LogP contribution is 2.45. The summed E-state index contributed by atoms with van der Waals surface area (Å²) in [4.78, 5) is 12.6. The number of benzene rings is 1.